The molecule has 0 spiro atoms. The lowest BCUT2D eigenvalue weighted by atomic mass is 9.73. The van der Waals surface area contributed by atoms with E-state index >= 15 is 0 Å². The molecule has 3 amide bonds. The quantitative estimate of drug-likeness (QED) is 0.00878. The van der Waals surface area contributed by atoms with Crippen LogP contribution < -0.4 is 45.5 Å². The highest BCUT2D eigenvalue weighted by Gasteiger charge is 2.52. The van der Waals surface area contributed by atoms with E-state index in [1.165, 1.54) is 118 Å². The van der Waals surface area contributed by atoms with E-state index in [4.69, 9.17) is 119 Å². The number of halogens is 7. The number of carbonyl (C=O) groups is 2. The van der Waals surface area contributed by atoms with Crippen LogP contribution in [0.15, 0.2) is 100 Å². The molecule has 9 rings (SSSR count). The maximum Gasteiger partial charge on any atom is 0.490 e. The second-order valence-electron chi connectivity index (χ2n) is 26.0. The van der Waals surface area contributed by atoms with Crippen molar-refractivity contribution in [1.82, 2.24) is 24.8 Å². The number of nitrogens with two attached hydrogens (primary N) is 2. The van der Waals surface area contributed by atoms with Crippen LogP contribution in [-0.4, -0.2) is 154 Å². The maximum absolute atomic E-state index is 13.5. The largest absolute Gasteiger partial charge is 0.495 e. The molecule has 6 aromatic rings. The maximum atomic E-state index is 13.5. The number of nitrogens with zero attached hydrogens (tertiary/aromatic N) is 10. The number of hydrogen-bond acceptors (Lipinski definition) is 23. The minimum absolute atomic E-state index is 0.0700. The Morgan fingerprint density at radius 1 is 0.762 bits per heavy atom. The van der Waals surface area contributed by atoms with E-state index in [-0.39, 0.29) is 90.5 Å². The number of nitro benzene ring substituents is 2. The van der Waals surface area contributed by atoms with Crippen LogP contribution in [0.2, 0.25) is 56.1 Å². The smallest absolute Gasteiger partial charge is 0.490 e. The molecular weight excluding hydrogens is 1570 g/mol. The van der Waals surface area contributed by atoms with Gasteiger partial charge in [-0.1, -0.05) is 123 Å². The third-order valence-electron chi connectivity index (χ3n) is 15.6. The number of urea groups is 1. The van der Waals surface area contributed by atoms with Gasteiger partial charge in [-0.25, -0.2) is 34.3 Å². The summed E-state index contributed by atoms with van der Waals surface area (Å²) in [5.41, 5.74) is 13.5. The molecule has 4 aromatic carbocycles. The molecule has 1 saturated heterocycles. The fourth-order valence-corrected chi connectivity index (χ4v) is 11.9. The Hall–Kier alpha value is -7.78. The summed E-state index contributed by atoms with van der Waals surface area (Å²) in [5.74, 6) is 2.28. The van der Waals surface area contributed by atoms with Crippen molar-refractivity contribution in [3.05, 3.63) is 152 Å². The van der Waals surface area contributed by atoms with Gasteiger partial charge in [-0.2, -0.15) is 4.99 Å². The number of anilines is 5. The highest BCUT2D eigenvalue weighted by Crippen LogP contribution is 2.48. The molecule has 0 saturated carbocycles. The zero-order valence-corrected chi connectivity index (χ0v) is 68.2. The fraction of sp³-hybridized carbons (Fsp3) is 0.426. The van der Waals surface area contributed by atoms with Crippen molar-refractivity contribution < 1.29 is 62.0 Å². The van der Waals surface area contributed by atoms with Crippen LogP contribution in [0.1, 0.15) is 86.1 Å². The first-order valence-electron chi connectivity index (χ1n) is 32.2. The first-order valence-corrected chi connectivity index (χ1v) is 38.9. The SMILES string of the molecule is CC(C)(C)OC(=O)N1CC=C(c2ccc(N)c([N+](=O)[O-])c2)CC1.CC1(C)OB(C2=CCCCC2)OC1(C)C.CNc1cc(Cl)ncn1.COc1cc(OC)c(Cl)c(N(COCC[Si](C)(C)C)C(=O)N(C)c2cc(Cl)ncn2)c1Cl.COc1cc(OC)c(Cl)c(N=C=O)c1Cl.Nc1ccc(Br)cc1[N+](=O)[O-]. The van der Waals surface area contributed by atoms with Gasteiger partial charge < -0.3 is 59.4 Å². The van der Waals surface area contributed by atoms with Gasteiger partial charge in [0, 0.05) is 82.7 Å². The molecule has 0 unspecified atom stereocenters. The van der Waals surface area contributed by atoms with Crippen LogP contribution in [0.25, 0.3) is 5.57 Å². The minimum Gasteiger partial charge on any atom is -0.495 e. The van der Waals surface area contributed by atoms with Crippen molar-refractivity contribution in [2.75, 3.05) is 95.5 Å². The first kappa shape index (κ1) is 89.6. The summed E-state index contributed by atoms with van der Waals surface area (Å²) in [5, 5.41) is 25.3. The molecule has 0 atom stereocenters. The number of nitro groups is 2. The monoisotopic (exact) mass is 1650 g/mol. The van der Waals surface area contributed by atoms with E-state index in [0.29, 0.717) is 64.6 Å². The van der Waals surface area contributed by atoms with Crippen molar-refractivity contribution in [2.45, 2.75) is 123 Å². The molecule has 0 bridgehead atoms. The van der Waals surface area contributed by atoms with Crippen LogP contribution in [0.5, 0.6) is 23.0 Å². The summed E-state index contributed by atoms with van der Waals surface area (Å²) in [6.07, 6.45) is 13.4. The summed E-state index contributed by atoms with van der Waals surface area (Å²) in [4.78, 5) is 79.1. The van der Waals surface area contributed by atoms with Gasteiger partial charge in [0.25, 0.3) is 11.4 Å². The Kier molecular flexibility index (Phi) is 35.3. The van der Waals surface area contributed by atoms with Crippen molar-refractivity contribution in [1.29, 1.82) is 0 Å². The molecule has 2 aliphatic heterocycles. The molecule has 4 heterocycles. The van der Waals surface area contributed by atoms with E-state index in [2.05, 4.69) is 99.6 Å². The highest BCUT2D eigenvalue weighted by molar-refractivity contribution is 9.10. The molecule has 37 heteroatoms. The number of benzene rings is 4. The number of nitrogen functional groups attached to an aromatic ring is 2. The first-order chi connectivity index (χ1) is 49.2. The van der Waals surface area contributed by atoms with Gasteiger partial charge in [-0.3, -0.25) is 30.0 Å². The number of amides is 3. The minimum atomic E-state index is -1.33. The van der Waals surface area contributed by atoms with E-state index in [1.807, 2.05) is 26.8 Å². The molecule has 105 heavy (non-hydrogen) atoms. The summed E-state index contributed by atoms with van der Waals surface area (Å²) >= 11 is 39.5. The highest BCUT2D eigenvalue weighted by atomic mass is 79.9. The molecule has 1 aliphatic carbocycles. The predicted molar refractivity (Wildman–Crippen MR) is 422 cm³/mol. The zero-order chi connectivity index (χ0) is 78.9. The molecule has 0 radical (unpaired) electrons. The van der Waals surface area contributed by atoms with Crippen molar-refractivity contribution in [3.8, 4) is 23.0 Å². The zero-order valence-electron chi connectivity index (χ0n) is 61.1. The van der Waals surface area contributed by atoms with Crippen molar-refractivity contribution in [3.63, 3.8) is 0 Å². The molecular formula is C68H87BBrCl6N13O15Si. The van der Waals surface area contributed by atoms with Gasteiger partial charge in [-0.05, 0) is 121 Å². The molecule has 5 N–H and O–H groups in total. The Balaban J connectivity index is 0.000000281. The number of ether oxygens (including phenoxy) is 6. The second-order valence-corrected chi connectivity index (χ2v) is 34.8. The molecule has 570 valence electrons. The standard InChI is InChI=1S/C20H27Cl3N4O4Si.C16H21N3O4.C12H21BO2.C9H7Cl2NO3.C6H5BrN2O2.C5H6ClN3/c1-26(16-10-15(21)24-11-25-16)20(28)27(12-31-7-8-32(4,5)6)19-17(22)13(29-2)9-14(30-3)18(19)23;1-16(2,3)23-15(20)18-8-6-11(7-9-18)12-4-5-13(17)14(10-12)19(21)22;1-11(2)12(3,4)15-13(14-11)10-8-6-5-7-9-10;1-14-5-3-6(15-2)8(11)9(7(5)10)12-4-13;7-4-1-2-5(8)6(3-4)9(10)11;1-7-5-2-4(6)8-3-9-5/h9-11H,7-8,12H2,1-6H3;4-6,10H,7-9,17H2,1-3H3;8H,5-7,9H2,1-4H3;3H,1-2H3;1-3H,8H2;2-3H,1H3,(H,7,8,9). The molecule has 2 aromatic heterocycles. The number of isocyanates is 1. The van der Waals surface area contributed by atoms with Crippen LogP contribution in [0.4, 0.5) is 55.3 Å². The van der Waals surface area contributed by atoms with Gasteiger partial charge in [-0.15, -0.1) is 0 Å². The number of rotatable bonds is 17. The Morgan fingerprint density at radius 3 is 1.72 bits per heavy atom. The lowest BCUT2D eigenvalue weighted by Crippen LogP contribution is -2.43. The number of hydrogen-bond donors (Lipinski definition) is 3. The summed E-state index contributed by atoms with van der Waals surface area (Å²) in [6.45, 7) is 21.9. The molecule has 28 nitrogen and oxygen atoms in total. The second kappa shape index (κ2) is 41.4. The summed E-state index contributed by atoms with van der Waals surface area (Å²) < 4.78 is 44.5. The molecule has 1 fully saturated rings. The van der Waals surface area contributed by atoms with Crippen LogP contribution >= 0.6 is 85.5 Å². The lowest BCUT2D eigenvalue weighted by Gasteiger charge is -2.32. The third-order valence-corrected chi connectivity index (χ3v) is 19.7. The number of methoxy groups -OCH3 is 4. The van der Waals surface area contributed by atoms with Crippen molar-refractivity contribution >= 4 is 170 Å². The van der Waals surface area contributed by atoms with E-state index in [1.54, 1.807) is 43.3 Å². The van der Waals surface area contributed by atoms with Crippen LogP contribution in [-0.2, 0) is 23.6 Å². The van der Waals surface area contributed by atoms with Crippen LogP contribution in [0, 0.1) is 20.2 Å². The topological polar surface area (TPSA) is 349 Å². The van der Waals surface area contributed by atoms with Gasteiger partial charge in [0.05, 0.1) is 55.2 Å². The van der Waals surface area contributed by atoms with E-state index < -0.39 is 29.6 Å². The number of aliphatic imine (C=N–C) groups is 1. The predicted octanol–water partition coefficient (Wildman–Crippen LogP) is 18.2. The van der Waals surface area contributed by atoms with E-state index in [0.717, 1.165) is 29.4 Å². The Morgan fingerprint density at radius 2 is 1.29 bits per heavy atom. The normalized spacial score (nSPS) is 14.0. The van der Waals surface area contributed by atoms with Crippen LogP contribution in [0.3, 0.4) is 0 Å². The van der Waals surface area contributed by atoms with Gasteiger partial charge >= 0.3 is 19.2 Å². The van der Waals surface area contributed by atoms with Gasteiger partial charge in [0.15, 0.2) is 0 Å². The number of nitrogens with one attached hydrogen (secondary N) is 1. The summed E-state index contributed by atoms with van der Waals surface area (Å²) in [6, 6.07) is 15.9. The number of carbonyl (C=O) groups excluding carboxylic acids is 3. The fourth-order valence-electron chi connectivity index (χ4n) is 9.20. The average Bonchev–Trinajstić information content (AvgIpc) is 1.72. The van der Waals surface area contributed by atoms with E-state index in [9.17, 15) is 34.6 Å². The number of aromatic nitrogens is 4. The lowest BCUT2D eigenvalue weighted by molar-refractivity contribution is -0.384. The molecule has 3 aliphatic rings. The third kappa shape index (κ3) is 27.2. The number of allylic oxidation sites excluding steroid dienone is 2. The Bertz CT molecular complexity index is 4040. The van der Waals surface area contributed by atoms with Crippen molar-refractivity contribution in [2.24, 2.45) is 4.99 Å². The summed E-state index contributed by atoms with van der Waals surface area (Å²) in [7, 11) is 7.69. The Labute approximate surface area is 650 Å². The average molecular weight is 1660 g/mol. The van der Waals surface area contributed by atoms with Gasteiger partial charge in [0.2, 0.25) is 6.08 Å². The van der Waals surface area contributed by atoms with Gasteiger partial charge in [0.1, 0.15) is 107 Å².